The molecule has 41 heavy (non-hydrogen) atoms. The molecule has 0 unspecified atom stereocenters. The van der Waals surface area contributed by atoms with Crippen LogP contribution in [0.1, 0.15) is 43.8 Å². The first-order valence-corrected chi connectivity index (χ1v) is 13.0. The fourth-order valence-corrected chi connectivity index (χ4v) is 5.69. The van der Waals surface area contributed by atoms with Gasteiger partial charge >= 0.3 is 5.97 Å². The van der Waals surface area contributed by atoms with Crippen LogP contribution in [0.5, 0.6) is 23.0 Å². The summed E-state index contributed by atoms with van der Waals surface area (Å²) in [6.45, 7) is -0.526. The van der Waals surface area contributed by atoms with Crippen LogP contribution in [0, 0.1) is 0 Å². The normalized spacial score (nSPS) is 25.5. The van der Waals surface area contributed by atoms with Gasteiger partial charge in [-0.05, 0) is 42.8 Å². The molecule has 3 aliphatic rings. The van der Waals surface area contributed by atoms with Crippen molar-refractivity contribution in [1.29, 1.82) is 0 Å². The fourth-order valence-electron chi connectivity index (χ4n) is 5.69. The topological polar surface area (TPSA) is 195 Å². The Labute approximate surface area is 233 Å². The Morgan fingerprint density at radius 3 is 2.07 bits per heavy atom. The Bertz CT molecular complexity index is 1490. The number of esters is 1. The Kier molecular flexibility index (Phi) is 6.59. The Morgan fingerprint density at radius 1 is 0.829 bits per heavy atom. The minimum atomic E-state index is -1.51. The average molecular weight is 566 g/mol. The largest absolute Gasteiger partial charge is 0.508 e. The lowest BCUT2D eigenvalue weighted by molar-refractivity contribution is -0.229. The third-order valence-corrected chi connectivity index (χ3v) is 7.74. The van der Waals surface area contributed by atoms with Gasteiger partial charge in [0.15, 0.2) is 5.60 Å². The van der Waals surface area contributed by atoms with E-state index in [1.807, 2.05) is 0 Å². The van der Waals surface area contributed by atoms with E-state index >= 15 is 0 Å². The first-order valence-electron chi connectivity index (χ1n) is 13.0. The number of nitrogens with one attached hydrogen (secondary N) is 1. The number of carbonyl (C=O) groups excluding carboxylic acids is 2. The molecule has 5 atom stereocenters. The maximum Gasteiger partial charge on any atom is 0.340 e. The summed E-state index contributed by atoms with van der Waals surface area (Å²) in [7, 11) is 0. The van der Waals surface area contributed by atoms with Crippen molar-refractivity contribution in [1.82, 2.24) is 5.32 Å². The number of amides is 1. The molecule has 0 saturated carbocycles. The van der Waals surface area contributed by atoms with Gasteiger partial charge in [0.25, 0.3) is 5.91 Å². The van der Waals surface area contributed by atoms with Crippen LogP contribution in [0.3, 0.4) is 0 Å². The van der Waals surface area contributed by atoms with Crippen LogP contribution in [0.15, 0.2) is 54.6 Å². The molecule has 1 saturated heterocycles. The smallest absolute Gasteiger partial charge is 0.340 e. The molecule has 214 valence electrons. The number of hydrogen-bond acceptors (Lipinski definition) is 11. The summed E-state index contributed by atoms with van der Waals surface area (Å²) in [6, 6.07) is 13.4. The highest BCUT2D eigenvalue weighted by Crippen LogP contribution is 2.57. The number of aliphatic hydroxyl groups excluding tert-OH is 4. The van der Waals surface area contributed by atoms with Gasteiger partial charge in [0.2, 0.25) is 0 Å². The summed E-state index contributed by atoms with van der Waals surface area (Å²) in [5.74, 6) is -0.868. The van der Waals surface area contributed by atoms with Gasteiger partial charge in [-0.25, -0.2) is 4.79 Å². The van der Waals surface area contributed by atoms with Gasteiger partial charge < -0.3 is 50.2 Å². The van der Waals surface area contributed by atoms with Gasteiger partial charge in [-0.2, -0.15) is 0 Å². The van der Waals surface area contributed by atoms with Crippen molar-refractivity contribution >= 4 is 11.9 Å². The van der Waals surface area contributed by atoms with Gasteiger partial charge in [-0.3, -0.25) is 4.79 Å². The molecular weight excluding hydrogens is 538 g/mol. The van der Waals surface area contributed by atoms with Crippen LogP contribution in [0.25, 0.3) is 0 Å². The standard InChI is InChI=1S/C29H27NO11/c31-12-23-25(35)26(36)24(34)20(39-23)7-8-30-27(37)13-1-4-17-16(9-13)28(38)41-29(17)18-5-2-14(32)10-21(18)40-22-11-15(33)3-6-19(22)29/h1-6,9-11,20,23-26,31-36H,7-8,12H2,(H,30,37)/t20-,23-,24+,25-,26-/m1/s1. The van der Waals surface area contributed by atoms with Crippen LogP contribution in [0.2, 0.25) is 0 Å². The maximum absolute atomic E-state index is 13.2. The Hall–Kier alpha value is -4.20. The SMILES string of the molecule is O=C(NCC[C@H]1O[C@H](CO)[C@@H](O)[C@H](O)[C@H]1O)c1ccc2c(c1)C(=O)OC21c2ccc(O)cc2Oc2cc(O)ccc21. The third-order valence-electron chi connectivity index (χ3n) is 7.74. The van der Waals surface area contributed by atoms with E-state index in [0.29, 0.717) is 16.7 Å². The van der Waals surface area contributed by atoms with E-state index in [-0.39, 0.29) is 47.1 Å². The number of benzene rings is 3. The number of fused-ring (bicyclic) bond motifs is 6. The van der Waals surface area contributed by atoms with Gasteiger partial charge in [-0.1, -0.05) is 6.07 Å². The van der Waals surface area contributed by atoms with E-state index in [1.54, 1.807) is 18.2 Å². The Morgan fingerprint density at radius 2 is 1.44 bits per heavy atom. The summed E-state index contributed by atoms with van der Waals surface area (Å²) in [4.78, 5) is 26.2. The summed E-state index contributed by atoms with van der Waals surface area (Å²) in [5.41, 5.74) is 0.216. The fraction of sp³-hybridized carbons (Fsp3) is 0.310. The second kappa shape index (κ2) is 10.0. The van der Waals surface area contributed by atoms with Crippen LogP contribution >= 0.6 is 0 Å². The highest BCUT2D eigenvalue weighted by molar-refractivity contribution is 6.01. The number of phenols is 2. The summed E-state index contributed by atoms with van der Waals surface area (Å²) >= 11 is 0. The summed E-state index contributed by atoms with van der Waals surface area (Å²) < 4.78 is 17.4. The molecule has 3 aromatic rings. The lowest BCUT2D eigenvalue weighted by Gasteiger charge is -2.40. The molecule has 0 bridgehead atoms. The van der Waals surface area contributed by atoms with Crippen molar-refractivity contribution in [3.8, 4) is 23.0 Å². The third kappa shape index (κ3) is 4.28. The second-order valence-electron chi connectivity index (χ2n) is 10.2. The molecule has 7 N–H and O–H groups in total. The molecular formula is C29H27NO11. The predicted molar refractivity (Wildman–Crippen MR) is 139 cm³/mol. The summed E-state index contributed by atoms with van der Waals surface area (Å²) in [6.07, 6.45) is -6.29. The molecule has 1 amide bonds. The van der Waals surface area contributed by atoms with E-state index in [9.17, 15) is 40.2 Å². The molecule has 0 aliphatic carbocycles. The highest BCUT2D eigenvalue weighted by Gasteiger charge is 2.54. The number of phenolic OH excluding ortho intramolecular Hbond substituents is 2. The van der Waals surface area contributed by atoms with Gasteiger partial charge in [0.05, 0.1) is 18.3 Å². The number of aromatic hydroxyl groups is 2. The van der Waals surface area contributed by atoms with Crippen LogP contribution in [-0.2, 0) is 15.1 Å². The quantitative estimate of drug-likeness (QED) is 0.214. The van der Waals surface area contributed by atoms with Crippen LogP contribution < -0.4 is 10.1 Å². The zero-order chi connectivity index (χ0) is 29.1. The van der Waals surface area contributed by atoms with Crippen molar-refractivity contribution in [3.05, 3.63) is 82.4 Å². The lowest BCUT2D eigenvalue weighted by atomic mass is 9.77. The molecule has 12 nitrogen and oxygen atoms in total. The molecule has 3 heterocycles. The van der Waals surface area contributed by atoms with E-state index in [0.717, 1.165) is 0 Å². The minimum Gasteiger partial charge on any atom is -0.508 e. The molecule has 6 rings (SSSR count). The van der Waals surface area contributed by atoms with Crippen molar-refractivity contribution in [2.45, 2.75) is 42.5 Å². The molecule has 3 aliphatic heterocycles. The first-order chi connectivity index (χ1) is 19.6. The van der Waals surface area contributed by atoms with Gasteiger partial charge in [-0.15, -0.1) is 0 Å². The van der Waals surface area contributed by atoms with Gasteiger partial charge in [0.1, 0.15) is 47.4 Å². The monoisotopic (exact) mass is 565 g/mol. The predicted octanol–water partition coefficient (Wildman–Crippen LogP) is 0.628. The number of aliphatic hydroxyl groups is 4. The molecule has 0 aromatic heterocycles. The number of hydrogen-bond donors (Lipinski definition) is 7. The summed E-state index contributed by atoms with van der Waals surface area (Å²) in [5, 5.41) is 62.2. The van der Waals surface area contributed by atoms with Crippen LogP contribution in [0.4, 0.5) is 0 Å². The van der Waals surface area contributed by atoms with E-state index in [2.05, 4.69) is 5.32 Å². The van der Waals surface area contributed by atoms with Crippen LogP contribution in [-0.4, -0.2) is 86.2 Å². The van der Waals surface area contributed by atoms with E-state index in [1.165, 1.54) is 36.4 Å². The Balaban J connectivity index is 1.27. The maximum atomic E-state index is 13.2. The van der Waals surface area contributed by atoms with E-state index in [4.69, 9.17) is 14.2 Å². The van der Waals surface area contributed by atoms with Crippen molar-refractivity contribution in [2.24, 2.45) is 0 Å². The zero-order valence-corrected chi connectivity index (χ0v) is 21.4. The molecule has 1 spiro atoms. The number of carbonyl (C=O) groups is 2. The zero-order valence-electron chi connectivity index (χ0n) is 21.4. The molecule has 1 fully saturated rings. The highest BCUT2D eigenvalue weighted by atomic mass is 16.6. The number of rotatable bonds is 5. The first kappa shape index (κ1) is 27.0. The molecule has 3 aromatic carbocycles. The minimum absolute atomic E-state index is 0.0259. The molecule has 12 heteroatoms. The van der Waals surface area contributed by atoms with Crippen molar-refractivity contribution in [3.63, 3.8) is 0 Å². The lowest BCUT2D eigenvalue weighted by Crippen LogP contribution is -2.58. The molecule has 0 radical (unpaired) electrons. The van der Waals surface area contributed by atoms with Gasteiger partial charge in [0, 0.05) is 40.9 Å². The second-order valence-corrected chi connectivity index (χ2v) is 10.2. The number of ether oxygens (including phenoxy) is 3. The average Bonchev–Trinajstić information content (AvgIpc) is 3.24. The van der Waals surface area contributed by atoms with Crippen molar-refractivity contribution in [2.75, 3.05) is 13.2 Å². The van der Waals surface area contributed by atoms with Crippen molar-refractivity contribution < 1.29 is 54.4 Å². The van der Waals surface area contributed by atoms with E-state index < -0.39 is 54.6 Å².